The highest BCUT2D eigenvalue weighted by molar-refractivity contribution is 7.12. The maximum Gasteiger partial charge on any atom is 0.348 e. The highest BCUT2D eigenvalue weighted by Crippen LogP contribution is 2.62. The van der Waals surface area contributed by atoms with Gasteiger partial charge in [0.05, 0.1) is 7.11 Å². The molecule has 0 aromatic carbocycles. The molecule has 0 radical (unpaired) electrons. The molecule has 1 aromatic heterocycles. The van der Waals surface area contributed by atoms with Crippen molar-refractivity contribution in [3.05, 3.63) is 21.4 Å². The Morgan fingerprint density at radius 2 is 1.86 bits per heavy atom. The van der Waals surface area contributed by atoms with Gasteiger partial charge < -0.3 is 4.74 Å². The molecule has 4 saturated carbocycles. The molecule has 4 fully saturated rings. The zero-order chi connectivity index (χ0) is 14.6. The Morgan fingerprint density at radius 3 is 2.33 bits per heavy atom. The fourth-order valence-corrected chi connectivity index (χ4v) is 6.70. The lowest BCUT2D eigenvalue weighted by Gasteiger charge is -2.57. The number of methoxy groups -OCH3 is 1. The molecule has 4 aliphatic carbocycles. The van der Waals surface area contributed by atoms with Crippen LogP contribution in [0.1, 0.15) is 59.3 Å². The summed E-state index contributed by atoms with van der Waals surface area (Å²) >= 11 is 1.47. The van der Waals surface area contributed by atoms with E-state index in [2.05, 4.69) is 5.92 Å². The van der Waals surface area contributed by atoms with Gasteiger partial charge in [0.15, 0.2) is 0 Å². The Morgan fingerprint density at radius 1 is 1.29 bits per heavy atom. The monoisotopic (exact) mass is 300 g/mol. The lowest BCUT2D eigenvalue weighted by Crippen LogP contribution is -2.49. The number of thiophene rings is 1. The van der Waals surface area contributed by atoms with E-state index in [9.17, 15) is 4.79 Å². The first-order valence-electron chi connectivity index (χ1n) is 7.82. The van der Waals surface area contributed by atoms with E-state index < -0.39 is 0 Å². The third-order valence-electron chi connectivity index (χ3n) is 5.89. The van der Waals surface area contributed by atoms with Gasteiger partial charge in [0.25, 0.3) is 0 Å². The summed E-state index contributed by atoms with van der Waals surface area (Å²) in [6, 6.07) is 0. The van der Waals surface area contributed by atoms with Crippen molar-refractivity contribution < 1.29 is 9.53 Å². The molecule has 0 atom stereocenters. The Kier molecular flexibility index (Phi) is 2.94. The zero-order valence-electron chi connectivity index (χ0n) is 12.4. The number of carbonyl (C=O) groups is 1. The summed E-state index contributed by atoms with van der Waals surface area (Å²) in [5, 5.41) is 1.97. The number of esters is 1. The third kappa shape index (κ3) is 1.89. The van der Waals surface area contributed by atoms with E-state index in [4.69, 9.17) is 11.2 Å². The van der Waals surface area contributed by atoms with Crippen LogP contribution in [0.3, 0.4) is 0 Å². The predicted octanol–water partition coefficient (Wildman–Crippen LogP) is 3.98. The topological polar surface area (TPSA) is 26.3 Å². The summed E-state index contributed by atoms with van der Waals surface area (Å²) in [5.41, 5.74) is 2.24. The van der Waals surface area contributed by atoms with Crippen LogP contribution in [0.4, 0.5) is 0 Å². The predicted molar refractivity (Wildman–Crippen MR) is 83.4 cm³/mol. The van der Waals surface area contributed by atoms with Gasteiger partial charge >= 0.3 is 5.97 Å². The molecule has 0 unspecified atom stereocenters. The molecule has 0 aliphatic heterocycles. The Bertz CT molecular complexity index is 599. The summed E-state index contributed by atoms with van der Waals surface area (Å²) in [6.07, 6.45) is 13.6. The lowest BCUT2D eigenvalue weighted by atomic mass is 9.47. The van der Waals surface area contributed by atoms with E-state index in [1.807, 2.05) is 5.38 Å². The number of carbonyl (C=O) groups excluding carboxylic acids is 1. The van der Waals surface area contributed by atoms with Gasteiger partial charge in [-0.1, -0.05) is 5.92 Å². The summed E-state index contributed by atoms with van der Waals surface area (Å²) in [7, 11) is 1.46. The number of hydrogen-bond donors (Lipinski definition) is 0. The summed E-state index contributed by atoms with van der Waals surface area (Å²) in [6.45, 7) is 0. The zero-order valence-corrected chi connectivity index (χ0v) is 13.2. The van der Waals surface area contributed by atoms with Crippen LogP contribution in [0.5, 0.6) is 0 Å². The Balaban J connectivity index is 1.84. The minimum atomic E-state index is -0.216. The van der Waals surface area contributed by atoms with Crippen LogP contribution in [0.25, 0.3) is 0 Å². The molecule has 5 rings (SSSR count). The van der Waals surface area contributed by atoms with E-state index >= 15 is 0 Å². The number of rotatable bonds is 2. The molecule has 0 saturated heterocycles. The van der Waals surface area contributed by atoms with Crippen molar-refractivity contribution in [2.24, 2.45) is 17.8 Å². The van der Waals surface area contributed by atoms with Gasteiger partial charge in [0.1, 0.15) is 4.88 Å². The van der Waals surface area contributed by atoms with Gasteiger partial charge in [-0.3, -0.25) is 0 Å². The molecule has 110 valence electrons. The molecule has 2 nitrogen and oxygen atoms in total. The first kappa shape index (κ1) is 13.4. The van der Waals surface area contributed by atoms with Crippen molar-refractivity contribution in [3.8, 4) is 12.3 Å². The molecule has 3 heteroatoms. The number of hydrogen-bond acceptors (Lipinski definition) is 3. The molecule has 0 N–H and O–H groups in total. The van der Waals surface area contributed by atoms with Gasteiger partial charge in [-0.15, -0.1) is 17.8 Å². The van der Waals surface area contributed by atoms with Crippen molar-refractivity contribution in [3.63, 3.8) is 0 Å². The molecule has 1 aromatic rings. The highest BCUT2D eigenvalue weighted by Gasteiger charge is 2.53. The van der Waals surface area contributed by atoms with Crippen molar-refractivity contribution in [1.82, 2.24) is 0 Å². The van der Waals surface area contributed by atoms with Crippen molar-refractivity contribution in [2.45, 2.75) is 43.9 Å². The largest absolute Gasteiger partial charge is 0.465 e. The minimum Gasteiger partial charge on any atom is -0.465 e. The summed E-state index contributed by atoms with van der Waals surface area (Å²) < 4.78 is 5.00. The van der Waals surface area contributed by atoms with Crippen molar-refractivity contribution in [2.75, 3.05) is 7.11 Å². The Labute approximate surface area is 129 Å². The van der Waals surface area contributed by atoms with Gasteiger partial charge in [0, 0.05) is 10.9 Å². The average molecular weight is 300 g/mol. The van der Waals surface area contributed by atoms with Crippen LogP contribution in [0, 0.1) is 30.1 Å². The minimum absolute atomic E-state index is 0.153. The molecule has 0 amide bonds. The first-order valence-corrected chi connectivity index (χ1v) is 8.70. The van der Waals surface area contributed by atoms with Crippen LogP contribution in [-0.2, 0) is 10.2 Å². The van der Waals surface area contributed by atoms with Crippen LogP contribution < -0.4 is 0 Å². The molecule has 0 spiro atoms. The Hall–Kier alpha value is -1.27. The highest BCUT2D eigenvalue weighted by atomic mass is 32.1. The van der Waals surface area contributed by atoms with Crippen LogP contribution in [0.15, 0.2) is 5.38 Å². The first-order chi connectivity index (χ1) is 10.1. The second-order valence-corrected chi connectivity index (χ2v) is 8.07. The third-order valence-corrected chi connectivity index (χ3v) is 6.85. The van der Waals surface area contributed by atoms with Gasteiger partial charge in [0.2, 0.25) is 0 Å². The molecule has 1 heterocycles. The number of terminal acetylenes is 1. The van der Waals surface area contributed by atoms with Gasteiger partial charge in [-0.05, 0) is 67.3 Å². The fraction of sp³-hybridized carbons (Fsp3) is 0.611. The maximum absolute atomic E-state index is 12.2. The summed E-state index contributed by atoms with van der Waals surface area (Å²) in [4.78, 5) is 12.9. The van der Waals surface area contributed by atoms with Gasteiger partial charge in [-0.2, -0.15) is 0 Å². The summed E-state index contributed by atoms with van der Waals surface area (Å²) in [5.74, 6) is 5.13. The second-order valence-electron chi connectivity index (χ2n) is 7.19. The average Bonchev–Trinajstić information content (AvgIpc) is 2.89. The van der Waals surface area contributed by atoms with Crippen LogP contribution >= 0.6 is 11.3 Å². The number of ether oxygens (including phenoxy) is 1. The lowest BCUT2D eigenvalue weighted by molar-refractivity contribution is -0.00577. The SMILES string of the molecule is C#Cc1csc(C(=O)OC)c1C12CC3CC(CC(C3)C1)C2. The van der Waals surface area contributed by atoms with E-state index in [0.29, 0.717) is 0 Å². The van der Waals surface area contributed by atoms with Crippen molar-refractivity contribution >= 4 is 17.3 Å². The van der Waals surface area contributed by atoms with Gasteiger partial charge in [-0.25, -0.2) is 4.79 Å². The maximum atomic E-state index is 12.2. The van der Waals surface area contributed by atoms with Crippen LogP contribution in [-0.4, -0.2) is 13.1 Å². The normalized spacial score (nSPS) is 36.5. The standard InChI is InChI=1S/C18H20O2S/c1-3-14-10-21-16(17(19)20-2)15(14)18-7-11-4-12(8-18)6-13(5-11)9-18/h1,10-13H,4-9H2,2H3. The van der Waals surface area contributed by atoms with E-state index in [-0.39, 0.29) is 11.4 Å². The van der Waals surface area contributed by atoms with Crippen LogP contribution in [0.2, 0.25) is 0 Å². The van der Waals surface area contributed by atoms with Crippen molar-refractivity contribution in [1.29, 1.82) is 0 Å². The molecular formula is C18H20O2S. The smallest absolute Gasteiger partial charge is 0.348 e. The quantitative estimate of drug-likeness (QED) is 0.610. The van der Waals surface area contributed by atoms with E-state index in [1.165, 1.54) is 57.0 Å². The fourth-order valence-electron chi connectivity index (χ4n) is 5.65. The second kappa shape index (κ2) is 4.61. The molecule has 4 bridgehead atoms. The molecule has 4 aliphatic rings. The molecular weight excluding hydrogens is 280 g/mol. The van der Waals surface area contributed by atoms with E-state index in [0.717, 1.165) is 33.8 Å². The molecule has 21 heavy (non-hydrogen) atoms. The van der Waals surface area contributed by atoms with E-state index in [1.54, 1.807) is 0 Å².